The third kappa shape index (κ3) is 5.51. The average molecular weight is 366 g/mol. The molecule has 3 nitrogen and oxygen atoms in total. The lowest BCUT2D eigenvalue weighted by atomic mass is 10.0. The summed E-state index contributed by atoms with van der Waals surface area (Å²) in [6, 6.07) is 0.00623. The van der Waals surface area contributed by atoms with Crippen LogP contribution in [0.15, 0.2) is 0 Å². The van der Waals surface area contributed by atoms with Gasteiger partial charge in [0, 0.05) is 6.54 Å². The summed E-state index contributed by atoms with van der Waals surface area (Å²) in [4.78, 5) is 14.5. The topological polar surface area (TPSA) is 29.5 Å². The van der Waals surface area contributed by atoms with Gasteiger partial charge in [-0.05, 0) is 56.7 Å². The van der Waals surface area contributed by atoms with Gasteiger partial charge < -0.3 is 4.74 Å². The van der Waals surface area contributed by atoms with Crippen LogP contribution in [-0.2, 0) is 4.74 Å². The molecule has 144 valence electrons. The van der Waals surface area contributed by atoms with Gasteiger partial charge in [0.25, 0.3) is 0 Å². The zero-order chi connectivity index (χ0) is 19.4. The number of ether oxygens (including phenoxy) is 1. The SMILES string of the molecule is CC(C)[Si](C#CC1CCCCN1C(=O)OC(C)(C)C)(C(C)C)C(C)C. The van der Waals surface area contributed by atoms with Crippen LogP contribution in [0.3, 0.4) is 0 Å². The highest BCUT2D eigenvalue weighted by Gasteiger charge is 2.42. The molecule has 0 saturated carbocycles. The first-order valence-corrected chi connectivity index (χ1v) is 12.2. The highest BCUT2D eigenvalue weighted by atomic mass is 28.3. The summed E-state index contributed by atoms with van der Waals surface area (Å²) in [5, 5.41) is 0. The Morgan fingerprint density at radius 1 is 1.04 bits per heavy atom. The Balaban J connectivity index is 3.12. The van der Waals surface area contributed by atoms with Gasteiger partial charge >= 0.3 is 6.09 Å². The number of hydrogen-bond donors (Lipinski definition) is 0. The van der Waals surface area contributed by atoms with E-state index in [-0.39, 0.29) is 12.1 Å². The van der Waals surface area contributed by atoms with Gasteiger partial charge in [0.2, 0.25) is 0 Å². The molecule has 1 rings (SSSR count). The van der Waals surface area contributed by atoms with E-state index in [9.17, 15) is 4.79 Å². The molecule has 4 heteroatoms. The number of carbonyl (C=O) groups is 1. The minimum Gasteiger partial charge on any atom is -0.444 e. The molecule has 1 heterocycles. The third-order valence-corrected chi connectivity index (χ3v) is 11.8. The van der Waals surface area contributed by atoms with Gasteiger partial charge in [-0.2, -0.15) is 0 Å². The summed E-state index contributed by atoms with van der Waals surface area (Å²) in [5.74, 6) is 3.56. The van der Waals surface area contributed by atoms with Gasteiger partial charge in [0.1, 0.15) is 13.7 Å². The van der Waals surface area contributed by atoms with Gasteiger partial charge in [0.15, 0.2) is 0 Å². The molecule has 0 spiro atoms. The van der Waals surface area contributed by atoms with E-state index in [1.54, 1.807) is 0 Å². The predicted octanol–water partition coefficient (Wildman–Crippen LogP) is 6.00. The molecular weight excluding hydrogens is 326 g/mol. The summed E-state index contributed by atoms with van der Waals surface area (Å²) in [6.45, 7) is 20.5. The lowest BCUT2D eigenvalue weighted by molar-refractivity contribution is 0.0158. The molecule has 0 bridgehead atoms. The first kappa shape index (κ1) is 22.1. The molecule has 0 aromatic carbocycles. The van der Waals surface area contributed by atoms with Crippen LogP contribution in [0.2, 0.25) is 16.6 Å². The number of amides is 1. The Hall–Kier alpha value is -0.953. The van der Waals surface area contributed by atoms with E-state index in [2.05, 4.69) is 53.0 Å². The first-order chi connectivity index (χ1) is 11.4. The van der Waals surface area contributed by atoms with E-state index in [0.717, 1.165) is 25.8 Å². The standard InChI is InChI=1S/C21H39NO2Si/c1-16(2)25(17(3)4,18(5)6)15-13-19-12-10-11-14-22(19)20(23)24-21(7,8)9/h16-19H,10-12,14H2,1-9H3. The van der Waals surface area contributed by atoms with Crippen LogP contribution in [0.5, 0.6) is 0 Å². The smallest absolute Gasteiger partial charge is 0.411 e. The summed E-state index contributed by atoms with van der Waals surface area (Å²) in [7, 11) is -1.76. The molecule has 1 atom stereocenters. The van der Waals surface area contributed by atoms with Crippen LogP contribution in [0, 0.1) is 11.5 Å². The molecule has 0 aromatic rings. The van der Waals surface area contributed by atoms with Crippen molar-refractivity contribution < 1.29 is 9.53 Å². The van der Waals surface area contributed by atoms with E-state index >= 15 is 0 Å². The van der Waals surface area contributed by atoms with Crippen molar-refractivity contribution in [1.29, 1.82) is 0 Å². The van der Waals surface area contributed by atoms with Crippen LogP contribution in [0.1, 0.15) is 81.6 Å². The zero-order valence-corrected chi connectivity index (χ0v) is 18.9. The first-order valence-electron chi connectivity index (χ1n) is 9.94. The predicted molar refractivity (Wildman–Crippen MR) is 109 cm³/mol. The van der Waals surface area contributed by atoms with Crippen LogP contribution in [0.25, 0.3) is 0 Å². The summed E-state index contributed by atoms with van der Waals surface area (Å²) in [6.07, 6.45) is 2.93. The number of piperidine rings is 1. The van der Waals surface area contributed by atoms with Crippen molar-refractivity contribution in [3.63, 3.8) is 0 Å². The molecule has 1 unspecified atom stereocenters. The maximum absolute atomic E-state index is 12.6. The molecule has 1 aliphatic heterocycles. The minimum atomic E-state index is -1.76. The Morgan fingerprint density at radius 3 is 2.00 bits per heavy atom. The van der Waals surface area contributed by atoms with Crippen LogP contribution >= 0.6 is 0 Å². The maximum atomic E-state index is 12.6. The molecule has 1 aliphatic rings. The summed E-state index contributed by atoms with van der Waals surface area (Å²) >= 11 is 0. The zero-order valence-electron chi connectivity index (χ0n) is 17.9. The molecule has 0 N–H and O–H groups in total. The van der Waals surface area contributed by atoms with Crippen molar-refractivity contribution in [2.75, 3.05) is 6.54 Å². The summed E-state index contributed by atoms with van der Waals surface area (Å²) in [5.41, 5.74) is 5.16. The fourth-order valence-electron chi connectivity index (χ4n) is 4.26. The monoisotopic (exact) mass is 365 g/mol. The fourth-order valence-corrected chi connectivity index (χ4v) is 9.54. The minimum absolute atomic E-state index is 0.00623. The molecule has 0 radical (unpaired) electrons. The number of nitrogens with zero attached hydrogens (tertiary/aromatic N) is 1. The maximum Gasteiger partial charge on any atom is 0.411 e. The average Bonchev–Trinajstić information content (AvgIpc) is 2.45. The highest BCUT2D eigenvalue weighted by Crippen LogP contribution is 2.40. The molecule has 0 aliphatic carbocycles. The Bertz CT molecular complexity index is 486. The Kier molecular flexibility index (Phi) is 7.62. The van der Waals surface area contributed by atoms with Gasteiger partial charge in [0.05, 0.1) is 6.04 Å². The largest absolute Gasteiger partial charge is 0.444 e. The van der Waals surface area contributed by atoms with Crippen molar-refractivity contribution in [3.8, 4) is 11.5 Å². The van der Waals surface area contributed by atoms with Gasteiger partial charge in [-0.25, -0.2) is 4.79 Å². The van der Waals surface area contributed by atoms with Gasteiger partial charge in [-0.1, -0.05) is 47.5 Å². The lowest BCUT2D eigenvalue weighted by Gasteiger charge is -2.39. The third-order valence-electron chi connectivity index (χ3n) is 5.45. The van der Waals surface area contributed by atoms with Crippen LogP contribution in [-0.4, -0.2) is 37.3 Å². The molecule has 1 amide bonds. The van der Waals surface area contributed by atoms with Crippen molar-refractivity contribution in [2.45, 2.75) is 110 Å². The Morgan fingerprint density at radius 2 is 1.56 bits per heavy atom. The van der Waals surface area contributed by atoms with Gasteiger partial charge in [-0.15, -0.1) is 5.54 Å². The van der Waals surface area contributed by atoms with E-state index < -0.39 is 13.7 Å². The van der Waals surface area contributed by atoms with Crippen molar-refractivity contribution >= 4 is 14.2 Å². The molecule has 1 saturated heterocycles. The molecular formula is C21H39NO2Si. The van der Waals surface area contributed by atoms with Crippen molar-refractivity contribution in [3.05, 3.63) is 0 Å². The second-order valence-electron chi connectivity index (χ2n) is 9.35. The van der Waals surface area contributed by atoms with Crippen LogP contribution in [0.4, 0.5) is 4.79 Å². The molecule has 25 heavy (non-hydrogen) atoms. The molecule has 0 aromatic heterocycles. The fraction of sp³-hybridized carbons (Fsp3) is 0.857. The number of hydrogen-bond acceptors (Lipinski definition) is 2. The number of carbonyl (C=O) groups excluding carboxylic acids is 1. The van der Waals surface area contributed by atoms with Crippen molar-refractivity contribution in [1.82, 2.24) is 4.90 Å². The van der Waals surface area contributed by atoms with E-state index in [4.69, 9.17) is 4.74 Å². The van der Waals surface area contributed by atoms with E-state index in [1.165, 1.54) is 0 Å². The van der Waals surface area contributed by atoms with Gasteiger partial charge in [-0.3, -0.25) is 4.90 Å². The van der Waals surface area contributed by atoms with Crippen molar-refractivity contribution in [2.24, 2.45) is 0 Å². The summed E-state index contributed by atoms with van der Waals surface area (Å²) < 4.78 is 5.61. The quantitative estimate of drug-likeness (QED) is 0.453. The second-order valence-corrected chi connectivity index (χ2v) is 14.9. The second kappa shape index (κ2) is 8.62. The van der Waals surface area contributed by atoms with E-state index in [0.29, 0.717) is 16.6 Å². The number of rotatable bonds is 3. The van der Waals surface area contributed by atoms with E-state index in [1.807, 2.05) is 25.7 Å². The Labute approximate surface area is 156 Å². The molecule has 1 fully saturated rings. The number of likely N-dealkylation sites (tertiary alicyclic amines) is 1. The normalized spacial score (nSPS) is 19.2. The lowest BCUT2D eigenvalue weighted by Crippen LogP contribution is -2.47. The highest BCUT2D eigenvalue weighted by molar-refractivity contribution is 6.90. The van der Waals surface area contributed by atoms with Crippen LogP contribution < -0.4 is 0 Å².